The number of carboxylic acids is 1. The number of alkyl halides is 4. The van der Waals surface area contributed by atoms with Crippen molar-refractivity contribution in [3.63, 3.8) is 0 Å². The molecule has 1 aromatic carbocycles. The molecule has 0 heterocycles. The summed E-state index contributed by atoms with van der Waals surface area (Å²) in [6.07, 6.45) is -4.63. The number of halogens is 4. The van der Waals surface area contributed by atoms with Crippen LogP contribution >= 0.6 is 11.6 Å². The van der Waals surface area contributed by atoms with E-state index in [1.54, 1.807) is 0 Å². The van der Waals surface area contributed by atoms with Gasteiger partial charge in [-0.3, -0.25) is 4.79 Å². The first-order chi connectivity index (χ1) is 8.25. The molecule has 1 aromatic rings. The monoisotopic (exact) mass is 281 g/mol. The summed E-state index contributed by atoms with van der Waals surface area (Å²) >= 11 is 5.18. The predicted molar refractivity (Wildman–Crippen MR) is 57.8 cm³/mol. The molecular formula is C10H7ClF3NO3. The maximum atomic E-state index is 12.4. The van der Waals surface area contributed by atoms with Crippen molar-refractivity contribution in [3.05, 3.63) is 29.3 Å². The summed E-state index contributed by atoms with van der Waals surface area (Å²) in [6.45, 7) is 0. The molecule has 0 saturated carbocycles. The highest BCUT2D eigenvalue weighted by Gasteiger charge is 2.31. The Balaban J connectivity index is 3.24. The van der Waals surface area contributed by atoms with Crippen LogP contribution in [0.3, 0.4) is 0 Å². The number of benzene rings is 1. The predicted octanol–water partition coefficient (Wildman–Crippen LogP) is 2.58. The van der Waals surface area contributed by atoms with Crippen LogP contribution < -0.4 is 5.32 Å². The van der Waals surface area contributed by atoms with Crippen molar-refractivity contribution in [1.29, 1.82) is 0 Å². The van der Waals surface area contributed by atoms with Gasteiger partial charge in [-0.05, 0) is 18.2 Å². The molecule has 0 bridgehead atoms. The first-order valence-corrected chi connectivity index (χ1v) is 5.09. The van der Waals surface area contributed by atoms with E-state index in [2.05, 4.69) is 0 Å². The molecular weight excluding hydrogens is 275 g/mol. The number of carbonyl (C=O) groups is 2. The molecule has 1 amide bonds. The fourth-order valence-electron chi connectivity index (χ4n) is 1.19. The maximum absolute atomic E-state index is 12.4. The number of amides is 1. The highest BCUT2D eigenvalue weighted by molar-refractivity contribution is 6.29. The topological polar surface area (TPSA) is 66.4 Å². The summed E-state index contributed by atoms with van der Waals surface area (Å²) in [7, 11) is 0. The minimum absolute atomic E-state index is 0.442. The van der Waals surface area contributed by atoms with Crippen LogP contribution in [-0.4, -0.2) is 22.9 Å². The highest BCUT2D eigenvalue weighted by Crippen LogP contribution is 2.32. The lowest BCUT2D eigenvalue weighted by molar-refractivity contribution is -0.137. The van der Waals surface area contributed by atoms with Gasteiger partial charge in [-0.15, -0.1) is 11.6 Å². The van der Waals surface area contributed by atoms with E-state index in [-0.39, 0.29) is 0 Å². The Hall–Kier alpha value is -1.76. The molecule has 0 spiro atoms. The number of nitrogens with one attached hydrogen (secondary N) is 1. The van der Waals surface area contributed by atoms with Crippen LogP contribution in [0.5, 0.6) is 0 Å². The number of hydrogen-bond acceptors (Lipinski definition) is 2. The minimum atomic E-state index is -4.63. The van der Waals surface area contributed by atoms with Crippen LogP contribution in [0.25, 0.3) is 0 Å². The number of hydrogen-bond donors (Lipinski definition) is 2. The molecule has 4 nitrogen and oxygen atoms in total. The van der Waals surface area contributed by atoms with Crippen LogP contribution in [0.1, 0.15) is 15.9 Å². The Morgan fingerprint density at radius 3 is 2.39 bits per heavy atom. The first-order valence-electron chi connectivity index (χ1n) is 4.56. The van der Waals surface area contributed by atoms with Gasteiger partial charge in [-0.1, -0.05) is 0 Å². The second-order valence-corrected chi connectivity index (χ2v) is 3.51. The van der Waals surface area contributed by atoms with Crippen LogP contribution in [0, 0.1) is 0 Å². The summed E-state index contributed by atoms with van der Waals surface area (Å²) < 4.78 is 37.3. The SMILES string of the molecule is O=C(CCl)Nc1cc(C(F)(F)F)ccc1C(=O)O. The molecule has 18 heavy (non-hydrogen) atoms. The molecule has 8 heteroatoms. The summed E-state index contributed by atoms with van der Waals surface area (Å²) in [5.74, 6) is -2.73. The highest BCUT2D eigenvalue weighted by atomic mass is 35.5. The number of carboxylic acid groups (broad SMARTS) is 1. The number of anilines is 1. The third-order valence-electron chi connectivity index (χ3n) is 1.97. The largest absolute Gasteiger partial charge is 0.478 e. The lowest BCUT2D eigenvalue weighted by Gasteiger charge is -2.11. The Bertz CT molecular complexity index is 488. The van der Waals surface area contributed by atoms with Crippen molar-refractivity contribution in [1.82, 2.24) is 0 Å². The standard InChI is InChI=1S/C10H7ClF3NO3/c11-4-8(16)15-7-3-5(10(12,13)14)1-2-6(7)9(17)18/h1-3H,4H2,(H,15,16)(H,17,18). The fourth-order valence-corrected chi connectivity index (χ4v) is 1.26. The van der Waals surface area contributed by atoms with Crippen molar-refractivity contribution in [2.24, 2.45) is 0 Å². The van der Waals surface area contributed by atoms with E-state index >= 15 is 0 Å². The molecule has 0 radical (unpaired) electrons. The zero-order valence-electron chi connectivity index (χ0n) is 8.71. The van der Waals surface area contributed by atoms with E-state index in [9.17, 15) is 22.8 Å². The molecule has 0 atom stereocenters. The average molecular weight is 282 g/mol. The molecule has 0 saturated heterocycles. The summed E-state index contributed by atoms with van der Waals surface area (Å²) in [6, 6.07) is 1.95. The Morgan fingerprint density at radius 2 is 1.94 bits per heavy atom. The molecule has 0 aliphatic heterocycles. The second kappa shape index (κ2) is 5.26. The summed E-state index contributed by atoms with van der Waals surface area (Å²) in [5, 5.41) is 10.8. The maximum Gasteiger partial charge on any atom is 0.416 e. The number of carbonyl (C=O) groups excluding carboxylic acids is 1. The van der Waals surface area contributed by atoms with Crippen molar-refractivity contribution in [3.8, 4) is 0 Å². The van der Waals surface area contributed by atoms with Gasteiger partial charge < -0.3 is 10.4 Å². The van der Waals surface area contributed by atoms with Gasteiger partial charge in [0.05, 0.1) is 16.8 Å². The molecule has 0 unspecified atom stereocenters. The minimum Gasteiger partial charge on any atom is -0.478 e. The third-order valence-corrected chi connectivity index (χ3v) is 2.22. The van der Waals surface area contributed by atoms with Crippen LogP contribution in [0.4, 0.5) is 18.9 Å². The summed E-state index contributed by atoms with van der Waals surface area (Å²) in [5.41, 5.74) is -1.94. The van der Waals surface area contributed by atoms with Gasteiger partial charge in [-0.2, -0.15) is 13.2 Å². The Labute approximate surface area is 104 Å². The molecule has 98 valence electrons. The van der Waals surface area contributed by atoms with E-state index in [1.807, 2.05) is 5.32 Å². The number of rotatable bonds is 3. The Morgan fingerprint density at radius 1 is 1.33 bits per heavy atom. The molecule has 1 rings (SSSR count). The normalized spacial score (nSPS) is 11.1. The van der Waals surface area contributed by atoms with Crippen molar-refractivity contribution >= 4 is 29.2 Å². The van der Waals surface area contributed by atoms with Gasteiger partial charge in [0.15, 0.2) is 0 Å². The molecule has 2 N–H and O–H groups in total. The lowest BCUT2D eigenvalue weighted by Crippen LogP contribution is -2.17. The zero-order chi connectivity index (χ0) is 13.9. The quantitative estimate of drug-likeness (QED) is 0.837. The van der Waals surface area contributed by atoms with Crippen molar-refractivity contribution < 1.29 is 27.9 Å². The van der Waals surface area contributed by atoms with Gasteiger partial charge in [0, 0.05) is 0 Å². The van der Waals surface area contributed by atoms with E-state index in [4.69, 9.17) is 16.7 Å². The second-order valence-electron chi connectivity index (χ2n) is 3.25. The first kappa shape index (κ1) is 14.3. The van der Waals surface area contributed by atoms with E-state index in [1.165, 1.54) is 0 Å². The molecule has 0 aliphatic carbocycles. The van der Waals surface area contributed by atoms with Gasteiger partial charge in [0.1, 0.15) is 5.88 Å². The van der Waals surface area contributed by atoms with Gasteiger partial charge in [-0.25, -0.2) is 4.79 Å². The van der Waals surface area contributed by atoms with Gasteiger partial charge >= 0.3 is 12.1 Å². The van der Waals surface area contributed by atoms with E-state index in [0.717, 1.165) is 6.07 Å². The lowest BCUT2D eigenvalue weighted by atomic mass is 10.1. The van der Waals surface area contributed by atoms with E-state index in [0.29, 0.717) is 12.1 Å². The van der Waals surface area contributed by atoms with Crippen LogP contribution in [0.15, 0.2) is 18.2 Å². The third kappa shape index (κ3) is 3.36. The smallest absolute Gasteiger partial charge is 0.416 e. The average Bonchev–Trinajstić information content (AvgIpc) is 2.27. The molecule has 0 fully saturated rings. The Kier molecular flexibility index (Phi) is 4.18. The van der Waals surface area contributed by atoms with Gasteiger partial charge in [0.2, 0.25) is 5.91 Å². The zero-order valence-corrected chi connectivity index (χ0v) is 9.47. The van der Waals surface area contributed by atoms with Crippen LogP contribution in [0.2, 0.25) is 0 Å². The van der Waals surface area contributed by atoms with Crippen LogP contribution in [-0.2, 0) is 11.0 Å². The van der Waals surface area contributed by atoms with Crippen molar-refractivity contribution in [2.45, 2.75) is 6.18 Å². The van der Waals surface area contributed by atoms with E-state index < -0.39 is 40.7 Å². The molecule has 0 aliphatic rings. The molecule has 0 aromatic heterocycles. The van der Waals surface area contributed by atoms with Gasteiger partial charge in [0.25, 0.3) is 0 Å². The summed E-state index contributed by atoms with van der Waals surface area (Å²) in [4.78, 5) is 21.8. The fraction of sp³-hybridized carbons (Fsp3) is 0.200. The number of aromatic carboxylic acids is 1. The van der Waals surface area contributed by atoms with Crippen molar-refractivity contribution in [2.75, 3.05) is 11.2 Å².